The molecule has 0 unspecified atom stereocenters. The third-order valence-electron chi connectivity index (χ3n) is 11.2. The Hall–Kier alpha value is -5.76. The first-order valence-electron chi connectivity index (χ1n) is 20.6. The Labute approximate surface area is 374 Å². The van der Waals surface area contributed by atoms with Crippen LogP contribution in [0.25, 0.3) is 92.4 Å². The molecule has 0 aliphatic heterocycles. The molecule has 0 saturated heterocycles. The average molecular weight is 1010 g/mol. The molecule has 0 aliphatic carbocycles. The van der Waals surface area contributed by atoms with E-state index in [0.717, 1.165) is 67.8 Å². The fourth-order valence-electron chi connectivity index (χ4n) is 8.45. The zero-order chi connectivity index (χ0) is 41.1. The maximum atomic E-state index is 6.16. The van der Waals surface area contributed by atoms with Gasteiger partial charge in [-0.05, 0) is 99.5 Å². The second kappa shape index (κ2) is 16.3. The van der Waals surface area contributed by atoms with Crippen LogP contribution in [0.2, 0.25) is 19.6 Å². The molecule has 61 heavy (non-hydrogen) atoms. The summed E-state index contributed by atoms with van der Waals surface area (Å²) in [6, 6.07) is 53.5. The van der Waals surface area contributed by atoms with Gasteiger partial charge in [0.1, 0.15) is 0 Å². The summed E-state index contributed by atoms with van der Waals surface area (Å²) in [5, 5.41) is 8.64. The molecule has 0 fully saturated rings. The van der Waals surface area contributed by atoms with Crippen molar-refractivity contribution in [2.45, 2.75) is 46.8 Å². The van der Waals surface area contributed by atoms with Gasteiger partial charge in [-0.3, -0.25) is 4.98 Å². The third-order valence-corrected chi connectivity index (χ3v) is 14.5. The van der Waals surface area contributed by atoms with Crippen LogP contribution in [0.4, 0.5) is 0 Å². The van der Waals surface area contributed by atoms with Gasteiger partial charge in [-0.2, -0.15) is 11.3 Å². The summed E-state index contributed by atoms with van der Waals surface area (Å²) in [7, 11) is -1.46. The van der Waals surface area contributed by atoms with Crippen molar-refractivity contribution in [2.75, 3.05) is 0 Å². The van der Waals surface area contributed by atoms with Gasteiger partial charge < -0.3 is 14.0 Å². The molecule has 5 aromatic heterocycles. The Kier molecular flexibility index (Phi) is 10.8. The maximum Gasteiger partial charge on any atom is 0.216 e. The van der Waals surface area contributed by atoms with Gasteiger partial charge in [0.2, 0.25) is 5.71 Å². The summed E-state index contributed by atoms with van der Waals surface area (Å²) in [5.41, 5.74) is 9.95. The monoisotopic (exact) mass is 1010 g/mol. The zero-order valence-electron chi connectivity index (χ0n) is 35.0. The predicted molar refractivity (Wildman–Crippen MR) is 256 cm³/mol. The number of para-hydroxylation sites is 3. The maximum absolute atomic E-state index is 6.16. The number of aromatic nitrogens is 4. The van der Waals surface area contributed by atoms with Crippen LogP contribution in [-0.4, -0.2) is 27.6 Å². The van der Waals surface area contributed by atoms with E-state index in [-0.39, 0.29) is 20.1 Å². The number of nitrogens with zero attached hydrogens (tertiary/aromatic N) is 4. The largest absolute Gasteiger partial charge is 0.486 e. The SMILES string of the molecule is Cc1ccc2c(n1)oc1c(-c3cc(CC(C)C)c([Si](C)(C)C)cn3)[c-]ccc12.[Ir].[c-]1ccc2c(sc3cc4ccccc4cc32)c1-c1nc2ccccc2n1-c1ccccc1. The third kappa shape index (κ3) is 7.53. The van der Waals surface area contributed by atoms with E-state index in [0.29, 0.717) is 11.6 Å². The topological polar surface area (TPSA) is 56.7 Å². The van der Waals surface area contributed by atoms with Crippen molar-refractivity contribution in [3.8, 4) is 28.3 Å². The molecule has 0 spiro atoms. The van der Waals surface area contributed by atoms with Gasteiger partial charge in [0.05, 0.1) is 30.5 Å². The predicted octanol–water partition coefficient (Wildman–Crippen LogP) is 13.9. The zero-order valence-corrected chi connectivity index (χ0v) is 39.2. The number of thiophene rings is 1. The first-order chi connectivity index (χ1) is 29.1. The second-order valence-electron chi connectivity index (χ2n) is 17.1. The van der Waals surface area contributed by atoms with Gasteiger partial charge in [0.15, 0.2) is 0 Å². The van der Waals surface area contributed by atoms with Crippen LogP contribution in [0.5, 0.6) is 0 Å². The summed E-state index contributed by atoms with van der Waals surface area (Å²) >= 11 is 1.83. The van der Waals surface area contributed by atoms with E-state index in [1.54, 1.807) is 0 Å². The molecule has 5 heterocycles. The van der Waals surface area contributed by atoms with Gasteiger partial charge in [-0.25, -0.2) is 4.98 Å². The number of benzene rings is 6. The van der Waals surface area contributed by atoms with E-state index in [2.05, 4.69) is 158 Å². The van der Waals surface area contributed by atoms with Crippen molar-refractivity contribution >= 4 is 88.6 Å². The Morgan fingerprint density at radius 1 is 0.721 bits per heavy atom. The molecule has 0 bridgehead atoms. The van der Waals surface area contributed by atoms with Crippen molar-refractivity contribution in [3.63, 3.8) is 0 Å². The number of hydrogen-bond donors (Lipinski definition) is 0. The number of pyridine rings is 2. The van der Waals surface area contributed by atoms with Crippen molar-refractivity contribution in [1.82, 2.24) is 19.5 Å². The summed E-state index contributed by atoms with van der Waals surface area (Å²) in [6.07, 6.45) is 3.16. The summed E-state index contributed by atoms with van der Waals surface area (Å²) in [6.45, 7) is 13.7. The van der Waals surface area contributed by atoms with E-state index in [1.165, 1.54) is 41.7 Å². The van der Waals surface area contributed by atoms with Crippen LogP contribution in [-0.2, 0) is 26.5 Å². The molecule has 303 valence electrons. The number of fused-ring (bicyclic) bond motifs is 8. The Bertz CT molecular complexity index is 3400. The number of rotatable bonds is 6. The van der Waals surface area contributed by atoms with Gasteiger partial charge >= 0.3 is 0 Å². The van der Waals surface area contributed by atoms with Crippen molar-refractivity contribution in [3.05, 3.63) is 163 Å². The average Bonchev–Trinajstić information content (AvgIpc) is 3.93. The Morgan fingerprint density at radius 3 is 2.20 bits per heavy atom. The second-order valence-corrected chi connectivity index (χ2v) is 23.2. The quantitative estimate of drug-likeness (QED) is 0.123. The molecule has 6 aromatic carbocycles. The number of imidazole rings is 1. The minimum absolute atomic E-state index is 0. The fourth-order valence-corrected chi connectivity index (χ4v) is 11.3. The molecular formula is C53H44IrN4OSSi-2. The smallest absolute Gasteiger partial charge is 0.216 e. The molecule has 0 N–H and O–H groups in total. The van der Waals surface area contributed by atoms with E-state index < -0.39 is 8.07 Å². The molecular weight excluding hydrogens is 961 g/mol. The van der Waals surface area contributed by atoms with Gasteiger partial charge in [0, 0.05) is 47.8 Å². The number of aryl methyl sites for hydroxylation is 1. The molecule has 1 radical (unpaired) electrons. The van der Waals surface area contributed by atoms with Crippen LogP contribution in [0.1, 0.15) is 25.1 Å². The standard InChI is InChI=1S/C29H17N2S.C24H27N2OSi.Ir/c1-2-11-21(12-3-1)31-26-16-7-6-15-25(26)30-29(31)23-14-8-13-22-24-17-19-9-4-5-10-20(19)18-27(24)32-28(22)23;1-15(2)12-17-13-21(25-14-22(17)28(4,5)6)20-9-7-8-18-19-11-10-16(3)26-24(19)27-23(18)20;/h1-13,15-18H;7-8,10-11,13-15H,12H2,1-6H3;/q2*-1;. The molecule has 8 heteroatoms. The van der Waals surface area contributed by atoms with Crippen LogP contribution in [0.15, 0.2) is 144 Å². The molecule has 11 rings (SSSR count). The minimum atomic E-state index is -1.46. The molecule has 0 amide bonds. The normalized spacial score (nSPS) is 11.9. The summed E-state index contributed by atoms with van der Waals surface area (Å²) < 4.78 is 10.9. The van der Waals surface area contributed by atoms with E-state index in [9.17, 15) is 0 Å². The molecule has 0 aliphatic rings. The van der Waals surface area contributed by atoms with Crippen molar-refractivity contribution < 1.29 is 24.5 Å². The number of hydrogen-bond acceptors (Lipinski definition) is 5. The van der Waals surface area contributed by atoms with Crippen LogP contribution in [0, 0.1) is 25.0 Å². The summed E-state index contributed by atoms with van der Waals surface area (Å²) in [4.78, 5) is 14.5. The van der Waals surface area contributed by atoms with Gasteiger partial charge in [-0.1, -0.05) is 122 Å². The minimum Gasteiger partial charge on any atom is -0.486 e. The molecule has 0 saturated carbocycles. The Balaban J connectivity index is 0.000000155. The van der Waals surface area contributed by atoms with Crippen molar-refractivity contribution in [1.29, 1.82) is 0 Å². The molecule has 0 atom stereocenters. The van der Waals surface area contributed by atoms with E-state index in [4.69, 9.17) is 14.4 Å². The van der Waals surface area contributed by atoms with E-state index >= 15 is 0 Å². The van der Waals surface area contributed by atoms with Crippen LogP contribution in [0.3, 0.4) is 0 Å². The van der Waals surface area contributed by atoms with Gasteiger partial charge in [-0.15, -0.1) is 36.4 Å². The van der Waals surface area contributed by atoms with Crippen LogP contribution < -0.4 is 5.19 Å². The van der Waals surface area contributed by atoms with Crippen molar-refractivity contribution in [2.24, 2.45) is 5.92 Å². The first kappa shape index (κ1) is 40.6. The molecule has 11 aromatic rings. The summed E-state index contributed by atoms with van der Waals surface area (Å²) in [5.74, 6) is 1.53. The number of furan rings is 1. The molecule has 5 nitrogen and oxygen atoms in total. The Morgan fingerprint density at radius 2 is 1.43 bits per heavy atom. The van der Waals surface area contributed by atoms with E-state index in [1.807, 2.05) is 54.7 Å². The first-order valence-corrected chi connectivity index (χ1v) is 24.9. The van der Waals surface area contributed by atoms with Crippen LogP contribution >= 0.6 is 11.3 Å². The van der Waals surface area contributed by atoms with Gasteiger partial charge in [0.25, 0.3) is 0 Å². The fraction of sp³-hybridized carbons (Fsp3) is 0.151.